The second-order valence-corrected chi connectivity index (χ2v) is 6.20. The number of aromatic nitrogens is 4. The van der Waals surface area contributed by atoms with Crippen LogP contribution in [-0.4, -0.2) is 31.8 Å². The predicted octanol–water partition coefficient (Wildman–Crippen LogP) is 1.82. The Morgan fingerprint density at radius 2 is 2.30 bits per heavy atom. The van der Waals surface area contributed by atoms with E-state index in [4.69, 9.17) is 0 Å². The first-order chi connectivity index (χ1) is 9.81. The average Bonchev–Trinajstić information content (AvgIpc) is 3.11. The van der Waals surface area contributed by atoms with E-state index >= 15 is 0 Å². The van der Waals surface area contributed by atoms with Gasteiger partial charge in [-0.1, -0.05) is 23.9 Å². The Balaban J connectivity index is 1.52. The van der Waals surface area contributed by atoms with Gasteiger partial charge in [-0.3, -0.25) is 9.89 Å². The fourth-order valence-corrected chi connectivity index (χ4v) is 3.49. The SMILES string of the molecule is O=C(CSc1nc2ccccc2s1)NCc1ncn[nH]1. The summed E-state index contributed by atoms with van der Waals surface area (Å²) in [4.78, 5) is 20.1. The number of thiazole rings is 1. The zero-order chi connectivity index (χ0) is 13.8. The number of hydrogen-bond donors (Lipinski definition) is 2. The number of para-hydroxylation sites is 1. The molecule has 0 spiro atoms. The molecular weight excluding hydrogens is 294 g/mol. The van der Waals surface area contributed by atoms with E-state index in [0.717, 1.165) is 14.6 Å². The predicted molar refractivity (Wildman–Crippen MR) is 78.6 cm³/mol. The molecule has 6 nitrogen and oxygen atoms in total. The van der Waals surface area contributed by atoms with Crippen LogP contribution in [0.25, 0.3) is 10.2 Å². The van der Waals surface area contributed by atoms with Crippen LogP contribution in [0.2, 0.25) is 0 Å². The lowest BCUT2D eigenvalue weighted by Crippen LogP contribution is -2.25. The highest BCUT2D eigenvalue weighted by Gasteiger charge is 2.07. The zero-order valence-corrected chi connectivity index (χ0v) is 12.0. The molecule has 0 unspecified atom stereocenters. The van der Waals surface area contributed by atoms with Crippen LogP contribution in [-0.2, 0) is 11.3 Å². The standard InChI is InChI=1S/C12H11N5OS2/c18-11(13-5-10-14-7-15-17-10)6-19-12-16-8-3-1-2-4-9(8)20-12/h1-4,7H,5-6H2,(H,13,18)(H,14,15,17). The number of aromatic amines is 1. The number of rotatable bonds is 5. The lowest BCUT2D eigenvalue weighted by Gasteiger charge is -2.00. The highest BCUT2D eigenvalue weighted by atomic mass is 32.2. The molecule has 3 rings (SSSR count). The summed E-state index contributed by atoms with van der Waals surface area (Å²) in [5.74, 6) is 0.933. The van der Waals surface area contributed by atoms with Gasteiger partial charge < -0.3 is 5.32 Å². The van der Waals surface area contributed by atoms with Gasteiger partial charge in [-0.15, -0.1) is 11.3 Å². The molecular formula is C12H11N5OS2. The lowest BCUT2D eigenvalue weighted by molar-refractivity contribution is -0.118. The van der Waals surface area contributed by atoms with Crippen molar-refractivity contribution in [2.24, 2.45) is 0 Å². The minimum atomic E-state index is -0.0503. The molecule has 2 aromatic heterocycles. The first kappa shape index (κ1) is 13.1. The van der Waals surface area contributed by atoms with E-state index in [9.17, 15) is 4.79 Å². The molecule has 1 amide bonds. The van der Waals surface area contributed by atoms with Gasteiger partial charge in [-0.25, -0.2) is 9.97 Å². The van der Waals surface area contributed by atoms with Crippen LogP contribution in [0.1, 0.15) is 5.82 Å². The molecule has 0 saturated heterocycles. The molecule has 1 aromatic carbocycles. The van der Waals surface area contributed by atoms with Gasteiger partial charge in [-0.2, -0.15) is 5.10 Å². The molecule has 3 aromatic rings. The summed E-state index contributed by atoms with van der Waals surface area (Å²) in [7, 11) is 0. The summed E-state index contributed by atoms with van der Waals surface area (Å²) in [6.45, 7) is 0.360. The van der Waals surface area contributed by atoms with E-state index < -0.39 is 0 Å². The van der Waals surface area contributed by atoms with E-state index in [-0.39, 0.29) is 5.91 Å². The Morgan fingerprint density at radius 1 is 1.40 bits per heavy atom. The molecule has 0 bridgehead atoms. The summed E-state index contributed by atoms with van der Waals surface area (Å²) >= 11 is 3.04. The largest absolute Gasteiger partial charge is 0.348 e. The number of carbonyl (C=O) groups excluding carboxylic acids is 1. The number of H-pyrrole nitrogens is 1. The normalized spacial score (nSPS) is 10.8. The van der Waals surface area contributed by atoms with Gasteiger partial charge in [0, 0.05) is 0 Å². The number of carbonyl (C=O) groups is 1. The van der Waals surface area contributed by atoms with Crippen molar-refractivity contribution in [3.05, 3.63) is 36.4 Å². The van der Waals surface area contributed by atoms with E-state index in [2.05, 4.69) is 25.5 Å². The Bertz CT molecular complexity index is 677. The maximum atomic E-state index is 11.7. The smallest absolute Gasteiger partial charge is 0.230 e. The Kier molecular flexibility index (Phi) is 3.93. The van der Waals surface area contributed by atoms with Crippen LogP contribution in [0.4, 0.5) is 0 Å². The van der Waals surface area contributed by atoms with Crippen LogP contribution >= 0.6 is 23.1 Å². The second kappa shape index (κ2) is 6.02. The van der Waals surface area contributed by atoms with Crippen LogP contribution in [0.15, 0.2) is 34.9 Å². The fraction of sp³-hybridized carbons (Fsp3) is 0.167. The van der Waals surface area contributed by atoms with Gasteiger partial charge in [-0.05, 0) is 12.1 Å². The third-order valence-electron chi connectivity index (χ3n) is 2.52. The molecule has 0 aliphatic heterocycles. The third-order valence-corrected chi connectivity index (χ3v) is 4.70. The maximum Gasteiger partial charge on any atom is 0.230 e. The number of amides is 1. The molecule has 0 saturated carbocycles. The molecule has 2 N–H and O–H groups in total. The zero-order valence-electron chi connectivity index (χ0n) is 10.4. The van der Waals surface area contributed by atoms with Crippen molar-refractivity contribution in [1.29, 1.82) is 0 Å². The van der Waals surface area contributed by atoms with Crippen LogP contribution < -0.4 is 5.32 Å². The molecule has 2 heterocycles. The van der Waals surface area contributed by atoms with E-state index in [1.165, 1.54) is 18.1 Å². The molecule has 102 valence electrons. The van der Waals surface area contributed by atoms with Gasteiger partial charge >= 0.3 is 0 Å². The maximum absolute atomic E-state index is 11.7. The van der Waals surface area contributed by atoms with Gasteiger partial charge in [0.05, 0.1) is 22.5 Å². The average molecular weight is 305 g/mol. The topological polar surface area (TPSA) is 83.6 Å². The third kappa shape index (κ3) is 3.14. The number of thioether (sulfide) groups is 1. The number of nitrogens with one attached hydrogen (secondary N) is 2. The summed E-state index contributed by atoms with van der Waals surface area (Å²) in [5.41, 5.74) is 0.974. The van der Waals surface area contributed by atoms with Crippen LogP contribution in [0, 0.1) is 0 Å². The van der Waals surface area contributed by atoms with Crippen molar-refractivity contribution in [1.82, 2.24) is 25.5 Å². The Morgan fingerprint density at radius 3 is 3.10 bits per heavy atom. The van der Waals surface area contributed by atoms with E-state index in [1.54, 1.807) is 11.3 Å². The van der Waals surface area contributed by atoms with Gasteiger partial charge in [0.25, 0.3) is 0 Å². The summed E-state index contributed by atoms with van der Waals surface area (Å²) in [6, 6.07) is 7.95. The molecule has 0 radical (unpaired) electrons. The summed E-state index contributed by atoms with van der Waals surface area (Å²) in [5, 5.41) is 9.18. The number of hydrogen-bond acceptors (Lipinski definition) is 6. The minimum absolute atomic E-state index is 0.0503. The second-order valence-electron chi connectivity index (χ2n) is 3.95. The molecule has 8 heteroatoms. The molecule has 0 aliphatic rings. The molecule has 0 atom stereocenters. The van der Waals surface area contributed by atoms with Crippen molar-refractivity contribution < 1.29 is 4.79 Å². The monoisotopic (exact) mass is 305 g/mol. The van der Waals surface area contributed by atoms with Crippen molar-refractivity contribution in [2.45, 2.75) is 10.9 Å². The van der Waals surface area contributed by atoms with E-state index in [0.29, 0.717) is 18.1 Å². The van der Waals surface area contributed by atoms with Crippen molar-refractivity contribution >= 4 is 39.2 Å². The fourth-order valence-electron chi connectivity index (χ4n) is 1.59. The lowest BCUT2D eigenvalue weighted by atomic mass is 10.3. The number of fused-ring (bicyclic) bond motifs is 1. The van der Waals surface area contributed by atoms with Crippen LogP contribution in [0.3, 0.4) is 0 Å². The van der Waals surface area contributed by atoms with Crippen molar-refractivity contribution in [2.75, 3.05) is 5.75 Å². The highest BCUT2D eigenvalue weighted by molar-refractivity contribution is 8.01. The van der Waals surface area contributed by atoms with Gasteiger partial charge in [0.1, 0.15) is 12.2 Å². The number of nitrogens with zero attached hydrogens (tertiary/aromatic N) is 3. The first-order valence-electron chi connectivity index (χ1n) is 5.90. The van der Waals surface area contributed by atoms with E-state index in [1.807, 2.05) is 24.3 Å². The molecule has 0 fully saturated rings. The van der Waals surface area contributed by atoms with Gasteiger partial charge in [0.15, 0.2) is 4.34 Å². The Labute approximate surface area is 123 Å². The minimum Gasteiger partial charge on any atom is -0.348 e. The van der Waals surface area contributed by atoms with Gasteiger partial charge in [0.2, 0.25) is 5.91 Å². The Hall–Kier alpha value is -1.93. The summed E-state index contributed by atoms with van der Waals surface area (Å²) < 4.78 is 2.04. The van der Waals surface area contributed by atoms with Crippen molar-refractivity contribution in [3.8, 4) is 0 Å². The van der Waals surface area contributed by atoms with Crippen LogP contribution in [0.5, 0.6) is 0 Å². The molecule has 0 aliphatic carbocycles. The van der Waals surface area contributed by atoms with Crippen molar-refractivity contribution in [3.63, 3.8) is 0 Å². The molecule has 20 heavy (non-hydrogen) atoms. The summed E-state index contributed by atoms with van der Waals surface area (Å²) in [6.07, 6.45) is 1.41. The quantitative estimate of drug-likeness (QED) is 0.703. The number of benzene rings is 1. The highest BCUT2D eigenvalue weighted by Crippen LogP contribution is 2.28. The first-order valence-corrected chi connectivity index (χ1v) is 7.71.